The van der Waals surface area contributed by atoms with Gasteiger partial charge in [-0.15, -0.1) is 11.3 Å². The van der Waals surface area contributed by atoms with Gasteiger partial charge in [0, 0.05) is 16.0 Å². The van der Waals surface area contributed by atoms with Gasteiger partial charge >= 0.3 is 0 Å². The zero-order chi connectivity index (χ0) is 11.8. The average molecular weight is 240 g/mol. The van der Waals surface area contributed by atoms with Crippen molar-refractivity contribution in [3.8, 4) is 10.4 Å². The zero-order valence-corrected chi connectivity index (χ0v) is 10.6. The van der Waals surface area contributed by atoms with E-state index in [1.165, 1.54) is 21.4 Å². The normalized spacial score (nSPS) is 10.9. The summed E-state index contributed by atoms with van der Waals surface area (Å²) in [4.78, 5) is 11.0. The number of hydrogen-bond acceptors (Lipinski definition) is 3. The molecule has 17 heavy (non-hydrogen) atoms. The molecule has 2 nitrogen and oxygen atoms in total. The van der Waals surface area contributed by atoms with Crippen molar-refractivity contribution in [3.63, 3.8) is 0 Å². The summed E-state index contributed by atoms with van der Waals surface area (Å²) in [6, 6.07) is 10.5. The van der Waals surface area contributed by atoms with Crippen molar-refractivity contribution in [2.24, 2.45) is 0 Å². The number of hydrogen-bond donors (Lipinski definition) is 0. The van der Waals surface area contributed by atoms with Gasteiger partial charge in [-0.25, -0.2) is 9.97 Å². The molecule has 0 saturated heterocycles. The Kier molecular flexibility index (Phi) is 2.41. The van der Waals surface area contributed by atoms with Gasteiger partial charge in [0.2, 0.25) is 0 Å². The van der Waals surface area contributed by atoms with Gasteiger partial charge < -0.3 is 0 Å². The molecule has 3 aromatic rings. The fraction of sp³-hybridized carbons (Fsp3) is 0.143. The summed E-state index contributed by atoms with van der Waals surface area (Å²) in [5.74, 6) is 0. The van der Waals surface area contributed by atoms with Gasteiger partial charge in [0.1, 0.15) is 11.2 Å². The lowest BCUT2D eigenvalue weighted by Crippen LogP contribution is -1.84. The van der Waals surface area contributed by atoms with Crippen LogP contribution in [0.1, 0.15) is 11.3 Å². The van der Waals surface area contributed by atoms with Gasteiger partial charge in [0.15, 0.2) is 0 Å². The van der Waals surface area contributed by atoms with Gasteiger partial charge in [-0.2, -0.15) is 0 Å². The van der Waals surface area contributed by atoms with Gasteiger partial charge in [0.25, 0.3) is 0 Å². The Morgan fingerprint density at radius 3 is 2.47 bits per heavy atom. The highest BCUT2D eigenvalue weighted by Crippen LogP contribution is 2.37. The maximum Gasteiger partial charge on any atom is 0.127 e. The second-order valence-electron chi connectivity index (χ2n) is 4.06. The minimum atomic E-state index is 1.06. The van der Waals surface area contributed by atoms with E-state index in [1.807, 2.05) is 13.0 Å². The van der Waals surface area contributed by atoms with Crippen molar-refractivity contribution in [2.45, 2.75) is 13.8 Å². The SMILES string of the molecule is Cc1ncnc2sc(-c3ccccc3)c(C)c12. The maximum atomic E-state index is 4.36. The molecule has 0 amide bonds. The van der Waals surface area contributed by atoms with Crippen LogP contribution < -0.4 is 0 Å². The largest absolute Gasteiger partial charge is 0.241 e. The molecular formula is C14H12N2S. The Labute approximate surface area is 104 Å². The second kappa shape index (κ2) is 3.93. The highest BCUT2D eigenvalue weighted by Gasteiger charge is 2.12. The van der Waals surface area contributed by atoms with Crippen molar-refractivity contribution in [2.75, 3.05) is 0 Å². The quantitative estimate of drug-likeness (QED) is 0.643. The molecule has 2 heterocycles. The van der Waals surface area contributed by atoms with E-state index in [1.54, 1.807) is 17.7 Å². The van der Waals surface area contributed by atoms with Gasteiger partial charge in [-0.1, -0.05) is 30.3 Å². The predicted octanol–water partition coefficient (Wildman–Crippen LogP) is 3.98. The molecule has 2 aromatic heterocycles. The van der Waals surface area contributed by atoms with E-state index in [2.05, 4.69) is 41.2 Å². The minimum Gasteiger partial charge on any atom is -0.241 e. The number of nitrogens with zero attached hydrogens (tertiary/aromatic N) is 2. The molecular weight excluding hydrogens is 228 g/mol. The van der Waals surface area contributed by atoms with E-state index in [0.717, 1.165) is 10.5 Å². The summed E-state index contributed by atoms with van der Waals surface area (Å²) >= 11 is 1.74. The Morgan fingerprint density at radius 1 is 1.00 bits per heavy atom. The Bertz CT molecular complexity index is 671. The third-order valence-corrected chi connectivity index (χ3v) is 4.20. The number of fused-ring (bicyclic) bond motifs is 1. The molecule has 0 aliphatic carbocycles. The molecule has 84 valence electrons. The van der Waals surface area contributed by atoms with Gasteiger partial charge in [-0.3, -0.25) is 0 Å². The predicted molar refractivity (Wildman–Crippen MR) is 72.3 cm³/mol. The Hall–Kier alpha value is -1.74. The molecule has 0 unspecified atom stereocenters. The van der Waals surface area contributed by atoms with E-state index in [-0.39, 0.29) is 0 Å². The fourth-order valence-corrected chi connectivity index (χ4v) is 3.32. The molecule has 0 atom stereocenters. The molecule has 0 saturated carbocycles. The molecule has 0 aliphatic heterocycles. The summed E-state index contributed by atoms with van der Waals surface area (Å²) in [7, 11) is 0. The van der Waals surface area contributed by atoms with E-state index in [4.69, 9.17) is 0 Å². The van der Waals surface area contributed by atoms with Crippen LogP contribution in [-0.4, -0.2) is 9.97 Å². The first kappa shape index (κ1) is 10.4. The molecule has 0 aliphatic rings. The van der Waals surface area contributed by atoms with Crippen molar-refractivity contribution < 1.29 is 0 Å². The molecule has 1 aromatic carbocycles. The lowest BCUT2D eigenvalue weighted by atomic mass is 10.1. The number of aromatic nitrogens is 2. The first-order chi connectivity index (χ1) is 8.27. The molecule has 0 spiro atoms. The van der Waals surface area contributed by atoms with Crippen LogP contribution in [0.25, 0.3) is 20.7 Å². The average Bonchev–Trinajstić information content (AvgIpc) is 2.69. The van der Waals surface area contributed by atoms with Crippen LogP contribution in [-0.2, 0) is 0 Å². The van der Waals surface area contributed by atoms with Gasteiger partial charge in [0.05, 0.1) is 0 Å². The van der Waals surface area contributed by atoms with E-state index < -0.39 is 0 Å². The third-order valence-electron chi connectivity index (χ3n) is 2.95. The van der Waals surface area contributed by atoms with E-state index in [0.29, 0.717) is 0 Å². The maximum absolute atomic E-state index is 4.36. The lowest BCUT2D eigenvalue weighted by Gasteiger charge is -1.99. The number of thiophene rings is 1. The summed E-state index contributed by atoms with van der Waals surface area (Å²) < 4.78 is 0. The summed E-state index contributed by atoms with van der Waals surface area (Å²) in [6.07, 6.45) is 1.64. The van der Waals surface area contributed by atoms with Crippen LogP contribution in [0, 0.1) is 13.8 Å². The summed E-state index contributed by atoms with van der Waals surface area (Å²) in [6.45, 7) is 4.19. The molecule has 0 bridgehead atoms. The number of aryl methyl sites for hydroxylation is 2. The van der Waals surface area contributed by atoms with Crippen molar-refractivity contribution in [1.82, 2.24) is 9.97 Å². The number of benzene rings is 1. The van der Waals surface area contributed by atoms with Crippen LogP contribution in [0.4, 0.5) is 0 Å². The minimum absolute atomic E-state index is 1.06. The van der Waals surface area contributed by atoms with E-state index >= 15 is 0 Å². The van der Waals surface area contributed by atoms with Crippen molar-refractivity contribution in [1.29, 1.82) is 0 Å². The molecule has 0 radical (unpaired) electrons. The number of rotatable bonds is 1. The highest BCUT2D eigenvalue weighted by atomic mass is 32.1. The molecule has 0 fully saturated rings. The van der Waals surface area contributed by atoms with Crippen molar-refractivity contribution in [3.05, 3.63) is 47.9 Å². The Balaban J connectivity index is 2.33. The molecule has 0 N–H and O–H groups in total. The van der Waals surface area contributed by atoms with Gasteiger partial charge in [-0.05, 0) is 25.0 Å². The third kappa shape index (κ3) is 1.63. The topological polar surface area (TPSA) is 25.8 Å². The van der Waals surface area contributed by atoms with Crippen LogP contribution in [0.15, 0.2) is 36.7 Å². The van der Waals surface area contributed by atoms with Crippen molar-refractivity contribution >= 4 is 21.6 Å². The molecule has 3 heteroatoms. The van der Waals surface area contributed by atoms with E-state index in [9.17, 15) is 0 Å². The monoisotopic (exact) mass is 240 g/mol. The fourth-order valence-electron chi connectivity index (χ4n) is 2.11. The first-order valence-corrected chi connectivity index (χ1v) is 6.35. The zero-order valence-electron chi connectivity index (χ0n) is 9.77. The smallest absolute Gasteiger partial charge is 0.127 e. The summed E-state index contributed by atoms with van der Waals surface area (Å²) in [5, 5.41) is 1.20. The van der Waals surface area contributed by atoms with Crippen LogP contribution in [0.2, 0.25) is 0 Å². The Morgan fingerprint density at radius 2 is 1.76 bits per heavy atom. The molecule has 3 rings (SSSR count). The van der Waals surface area contributed by atoms with Crippen LogP contribution in [0.3, 0.4) is 0 Å². The first-order valence-electron chi connectivity index (χ1n) is 5.53. The highest BCUT2D eigenvalue weighted by molar-refractivity contribution is 7.22. The second-order valence-corrected chi connectivity index (χ2v) is 5.06. The standard InChI is InChI=1S/C14H12N2S/c1-9-12-10(2)15-8-16-14(12)17-13(9)11-6-4-3-5-7-11/h3-8H,1-2H3. The summed E-state index contributed by atoms with van der Waals surface area (Å²) in [5.41, 5.74) is 3.60. The lowest BCUT2D eigenvalue weighted by molar-refractivity contribution is 1.16. The van der Waals surface area contributed by atoms with Crippen LogP contribution >= 0.6 is 11.3 Å². The van der Waals surface area contributed by atoms with Crippen LogP contribution in [0.5, 0.6) is 0 Å².